The number of carbonyl (C=O) groups excluding carboxylic acids is 3. The molecule has 4 fully saturated rings. The molecule has 3 N–H and O–H groups in total. The highest BCUT2D eigenvalue weighted by Gasteiger charge is 2.51. The fourth-order valence-corrected chi connectivity index (χ4v) is 5.99. The van der Waals surface area contributed by atoms with Gasteiger partial charge >= 0.3 is 0 Å². The second-order valence-corrected chi connectivity index (χ2v) is 9.21. The molecule has 162 valence electrons. The van der Waals surface area contributed by atoms with Crippen LogP contribution in [-0.2, 0) is 14.4 Å². The summed E-state index contributed by atoms with van der Waals surface area (Å²) in [6, 6.07) is 5.25. The van der Waals surface area contributed by atoms with Gasteiger partial charge in [-0.15, -0.1) is 0 Å². The van der Waals surface area contributed by atoms with Gasteiger partial charge in [0, 0.05) is 6.42 Å². The summed E-state index contributed by atoms with van der Waals surface area (Å²) in [5.41, 5.74) is 4.60. The molecule has 5 rings (SSSR count). The summed E-state index contributed by atoms with van der Waals surface area (Å²) in [7, 11) is 0. The molecule has 3 amide bonds. The zero-order chi connectivity index (χ0) is 21.1. The molecule has 0 saturated heterocycles. The molecule has 0 unspecified atom stereocenters. The van der Waals surface area contributed by atoms with Crippen molar-refractivity contribution in [2.24, 2.45) is 23.2 Å². The predicted molar refractivity (Wildman–Crippen MR) is 106 cm³/mol. The van der Waals surface area contributed by atoms with Crippen LogP contribution in [0.25, 0.3) is 0 Å². The molecular formula is C22H28FN3O4. The number of halogens is 1. The lowest BCUT2D eigenvalue weighted by Gasteiger charge is -2.56. The van der Waals surface area contributed by atoms with Gasteiger partial charge in [-0.1, -0.05) is 0 Å². The Morgan fingerprint density at radius 1 is 0.900 bits per heavy atom. The molecule has 8 heteroatoms. The van der Waals surface area contributed by atoms with E-state index in [0.29, 0.717) is 12.2 Å². The highest BCUT2D eigenvalue weighted by atomic mass is 19.1. The second kappa shape index (κ2) is 8.62. The molecule has 4 bridgehead atoms. The number of rotatable bonds is 7. The molecule has 7 nitrogen and oxygen atoms in total. The van der Waals surface area contributed by atoms with Crippen molar-refractivity contribution in [2.45, 2.75) is 44.9 Å². The van der Waals surface area contributed by atoms with Crippen molar-refractivity contribution in [1.29, 1.82) is 0 Å². The summed E-state index contributed by atoms with van der Waals surface area (Å²) in [4.78, 5) is 36.1. The number of hydrazine groups is 1. The molecule has 0 aromatic heterocycles. The van der Waals surface area contributed by atoms with Crippen LogP contribution in [-0.4, -0.2) is 30.9 Å². The summed E-state index contributed by atoms with van der Waals surface area (Å²) >= 11 is 0. The van der Waals surface area contributed by atoms with E-state index < -0.39 is 17.6 Å². The molecule has 1 aromatic carbocycles. The lowest BCUT2D eigenvalue weighted by atomic mass is 9.49. The average Bonchev–Trinajstić information content (AvgIpc) is 2.69. The summed E-state index contributed by atoms with van der Waals surface area (Å²) in [5, 5.41) is 2.68. The molecule has 0 atom stereocenters. The van der Waals surface area contributed by atoms with E-state index in [1.807, 2.05) is 0 Å². The maximum atomic E-state index is 12.8. The molecule has 4 aliphatic rings. The van der Waals surface area contributed by atoms with Gasteiger partial charge in [0.1, 0.15) is 11.6 Å². The van der Waals surface area contributed by atoms with Gasteiger partial charge in [-0.3, -0.25) is 25.2 Å². The third kappa shape index (κ3) is 5.09. The Kier molecular flexibility index (Phi) is 5.92. The molecule has 0 heterocycles. The Balaban J connectivity index is 1.13. The maximum Gasteiger partial charge on any atom is 0.276 e. The van der Waals surface area contributed by atoms with E-state index in [4.69, 9.17) is 4.74 Å². The number of hydrogen-bond acceptors (Lipinski definition) is 4. The van der Waals surface area contributed by atoms with Crippen LogP contribution in [0, 0.1) is 29.0 Å². The van der Waals surface area contributed by atoms with Gasteiger partial charge in [-0.2, -0.15) is 0 Å². The summed E-state index contributed by atoms with van der Waals surface area (Å²) in [6.07, 6.45) is 7.89. The smallest absolute Gasteiger partial charge is 0.276 e. The number of nitrogens with one attached hydrogen (secondary N) is 3. The van der Waals surface area contributed by atoms with Crippen molar-refractivity contribution >= 4 is 17.7 Å². The zero-order valence-electron chi connectivity index (χ0n) is 16.9. The minimum atomic E-state index is -0.562. The largest absolute Gasteiger partial charge is 0.484 e. The van der Waals surface area contributed by atoms with Crippen LogP contribution in [0.1, 0.15) is 44.9 Å². The molecule has 4 aliphatic carbocycles. The van der Waals surface area contributed by atoms with Crippen LogP contribution >= 0.6 is 0 Å². The standard InChI is InChI=1S/C22H28FN3O4/c23-17-1-3-18(4-2-17)30-13-21(29)26-25-20(28)12-24-19(27)11-22-8-14-5-15(9-22)7-16(6-14)10-22/h1-4,14-16H,5-13H2,(H,24,27)(H,25,28)(H,26,29). The van der Waals surface area contributed by atoms with Gasteiger partial charge in [-0.05, 0) is 86.0 Å². The second-order valence-electron chi connectivity index (χ2n) is 9.21. The Morgan fingerprint density at radius 2 is 1.47 bits per heavy atom. The van der Waals surface area contributed by atoms with Crippen molar-refractivity contribution in [1.82, 2.24) is 16.2 Å². The minimum Gasteiger partial charge on any atom is -0.484 e. The highest BCUT2D eigenvalue weighted by molar-refractivity contribution is 5.87. The molecule has 30 heavy (non-hydrogen) atoms. The lowest BCUT2D eigenvalue weighted by molar-refractivity contribution is -0.133. The van der Waals surface area contributed by atoms with Crippen molar-refractivity contribution in [2.75, 3.05) is 13.2 Å². The average molecular weight is 417 g/mol. The van der Waals surface area contributed by atoms with Crippen LogP contribution in [0.5, 0.6) is 5.75 Å². The van der Waals surface area contributed by atoms with Crippen molar-refractivity contribution in [3.05, 3.63) is 30.1 Å². The van der Waals surface area contributed by atoms with E-state index in [0.717, 1.165) is 37.0 Å². The Bertz CT molecular complexity index is 776. The first-order chi connectivity index (χ1) is 14.4. The number of carbonyl (C=O) groups is 3. The summed E-state index contributed by atoms with van der Waals surface area (Å²) in [6.45, 7) is -0.519. The van der Waals surface area contributed by atoms with Gasteiger partial charge in [0.05, 0.1) is 6.54 Å². The molecule has 0 spiro atoms. The SMILES string of the molecule is O=C(CC12CC3CC(CC(C3)C1)C2)NCC(=O)NNC(=O)COc1ccc(F)cc1. The van der Waals surface area contributed by atoms with Crippen LogP contribution < -0.4 is 20.9 Å². The minimum absolute atomic E-state index is 0.0990. The van der Waals surface area contributed by atoms with Crippen molar-refractivity contribution in [3.8, 4) is 5.75 Å². The topological polar surface area (TPSA) is 96.5 Å². The Hall–Kier alpha value is -2.64. The number of hydrogen-bond donors (Lipinski definition) is 3. The van der Waals surface area contributed by atoms with E-state index in [2.05, 4.69) is 16.2 Å². The van der Waals surface area contributed by atoms with E-state index in [1.165, 1.54) is 43.5 Å². The quantitative estimate of drug-likeness (QED) is 0.592. The summed E-state index contributed by atoms with van der Waals surface area (Å²) < 4.78 is 18.0. The lowest BCUT2D eigenvalue weighted by Crippen LogP contribution is -2.50. The van der Waals surface area contributed by atoms with Gasteiger partial charge < -0.3 is 10.1 Å². The van der Waals surface area contributed by atoms with Gasteiger partial charge in [0.15, 0.2) is 6.61 Å². The normalized spacial score (nSPS) is 28.6. The zero-order valence-corrected chi connectivity index (χ0v) is 16.9. The van der Waals surface area contributed by atoms with Crippen LogP contribution in [0.2, 0.25) is 0 Å². The molecule has 0 aliphatic heterocycles. The third-order valence-corrected chi connectivity index (χ3v) is 6.67. The number of amides is 3. The van der Waals surface area contributed by atoms with Crippen molar-refractivity contribution in [3.63, 3.8) is 0 Å². The Labute approximate surface area is 175 Å². The fraction of sp³-hybridized carbons (Fsp3) is 0.591. The highest BCUT2D eigenvalue weighted by Crippen LogP contribution is 2.61. The first kappa shape index (κ1) is 20.6. The van der Waals surface area contributed by atoms with Crippen LogP contribution in [0.4, 0.5) is 4.39 Å². The molecule has 4 saturated carbocycles. The number of ether oxygens (including phenoxy) is 1. The van der Waals surface area contributed by atoms with E-state index in [1.54, 1.807) is 0 Å². The Morgan fingerprint density at radius 3 is 2.07 bits per heavy atom. The first-order valence-electron chi connectivity index (χ1n) is 10.6. The maximum absolute atomic E-state index is 12.8. The number of benzene rings is 1. The predicted octanol–water partition coefficient (Wildman–Crippen LogP) is 2.07. The fourth-order valence-electron chi connectivity index (χ4n) is 5.99. The van der Waals surface area contributed by atoms with E-state index in [9.17, 15) is 18.8 Å². The van der Waals surface area contributed by atoms with E-state index >= 15 is 0 Å². The molecule has 0 radical (unpaired) electrons. The van der Waals surface area contributed by atoms with Gasteiger partial charge in [0.2, 0.25) is 5.91 Å². The van der Waals surface area contributed by atoms with E-state index in [-0.39, 0.29) is 24.5 Å². The van der Waals surface area contributed by atoms with Gasteiger partial charge in [-0.25, -0.2) is 4.39 Å². The third-order valence-electron chi connectivity index (χ3n) is 6.67. The molecular weight excluding hydrogens is 389 g/mol. The van der Waals surface area contributed by atoms with Crippen LogP contribution in [0.3, 0.4) is 0 Å². The van der Waals surface area contributed by atoms with Gasteiger partial charge in [0.25, 0.3) is 11.8 Å². The first-order valence-corrected chi connectivity index (χ1v) is 10.6. The monoisotopic (exact) mass is 417 g/mol. The molecule has 1 aromatic rings. The summed E-state index contributed by atoms with van der Waals surface area (Å²) in [5.74, 6) is 1.10. The van der Waals surface area contributed by atoms with Crippen molar-refractivity contribution < 1.29 is 23.5 Å². The van der Waals surface area contributed by atoms with Crippen LogP contribution in [0.15, 0.2) is 24.3 Å².